The maximum absolute atomic E-state index is 10.4. The molecule has 1 saturated heterocycles. The summed E-state index contributed by atoms with van der Waals surface area (Å²) in [5.41, 5.74) is 0. The third-order valence-electron chi connectivity index (χ3n) is 1.60. The maximum Gasteiger partial charge on any atom is 0.342 e. The second-order valence-electron chi connectivity index (χ2n) is 2.47. The summed E-state index contributed by atoms with van der Waals surface area (Å²) in [6.45, 7) is 0. The van der Waals surface area contributed by atoms with Crippen molar-refractivity contribution in [2.24, 2.45) is 0 Å². The van der Waals surface area contributed by atoms with E-state index in [2.05, 4.69) is 10.2 Å². The molecular formula is C6H9NO4. The highest BCUT2D eigenvalue weighted by Gasteiger charge is 2.25. The lowest BCUT2D eigenvalue weighted by molar-refractivity contribution is -0.234. The van der Waals surface area contributed by atoms with Gasteiger partial charge < -0.3 is 10.2 Å². The molecule has 2 N–H and O–H groups in total. The zero-order chi connectivity index (χ0) is 8.27. The molecule has 1 heterocycles. The fourth-order valence-corrected chi connectivity index (χ4v) is 0.942. The lowest BCUT2D eigenvalue weighted by atomic mass is 10.0. The number of amides is 1. The molecule has 1 unspecified atom stereocenters. The van der Waals surface area contributed by atoms with Crippen molar-refractivity contribution in [3.8, 4) is 0 Å². The minimum atomic E-state index is -0.661. The van der Waals surface area contributed by atoms with Gasteiger partial charge in [0.1, 0.15) is 0 Å². The topological polar surface area (TPSA) is 75.6 Å². The molecule has 5 heteroatoms. The zero-order valence-electron chi connectivity index (χ0n) is 5.87. The molecule has 0 aromatic heterocycles. The molecule has 1 atom stereocenters. The SMILES string of the molecule is O=C1CC(CCC(=O)OO)N1. The second-order valence-corrected chi connectivity index (χ2v) is 2.47. The van der Waals surface area contributed by atoms with Gasteiger partial charge in [0.15, 0.2) is 0 Å². The maximum atomic E-state index is 10.4. The number of rotatable bonds is 3. The van der Waals surface area contributed by atoms with Crippen LogP contribution >= 0.6 is 0 Å². The van der Waals surface area contributed by atoms with Gasteiger partial charge in [-0.3, -0.25) is 4.79 Å². The van der Waals surface area contributed by atoms with Crippen LogP contribution in [0.1, 0.15) is 19.3 Å². The normalized spacial score (nSPS) is 21.9. The molecule has 0 aromatic rings. The van der Waals surface area contributed by atoms with Gasteiger partial charge >= 0.3 is 5.97 Å². The van der Waals surface area contributed by atoms with Crippen LogP contribution in [-0.4, -0.2) is 23.2 Å². The van der Waals surface area contributed by atoms with Crippen LogP contribution in [0, 0.1) is 0 Å². The van der Waals surface area contributed by atoms with Crippen molar-refractivity contribution < 1.29 is 19.7 Å². The largest absolute Gasteiger partial charge is 0.353 e. The molecule has 62 valence electrons. The summed E-state index contributed by atoms with van der Waals surface area (Å²) in [6, 6.07) is 0.0848. The van der Waals surface area contributed by atoms with Crippen molar-refractivity contribution in [3.05, 3.63) is 0 Å². The quantitative estimate of drug-likeness (QED) is 0.336. The van der Waals surface area contributed by atoms with E-state index >= 15 is 0 Å². The van der Waals surface area contributed by atoms with E-state index in [1.807, 2.05) is 0 Å². The molecule has 0 saturated carbocycles. The van der Waals surface area contributed by atoms with E-state index in [1.54, 1.807) is 0 Å². The van der Waals surface area contributed by atoms with E-state index in [9.17, 15) is 9.59 Å². The van der Waals surface area contributed by atoms with Gasteiger partial charge in [-0.15, -0.1) is 0 Å². The first-order valence-corrected chi connectivity index (χ1v) is 3.36. The predicted octanol–water partition coefficient (Wildman–Crippen LogP) is -0.329. The van der Waals surface area contributed by atoms with Crippen molar-refractivity contribution in [3.63, 3.8) is 0 Å². The van der Waals surface area contributed by atoms with E-state index < -0.39 is 5.97 Å². The van der Waals surface area contributed by atoms with Crippen LogP contribution in [0.15, 0.2) is 0 Å². The Morgan fingerprint density at radius 1 is 1.82 bits per heavy atom. The average molecular weight is 159 g/mol. The minimum absolute atomic E-state index is 0.00682. The van der Waals surface area contributed by atoms with E-state index in [0.717, 1.165) is 0 Å². The Hall–Kier alpha value is -1.10. The highest BCUT2D eigenvalue weighted by molar-refractivity contribution is 5.83. The van der Waals surface area contributed by atoms with Gasteiger partial charge in [0.2, 0.25) is 5.91 Å². The molecule has 1 rings (SSSR count). The summed E-state index contributed by atoms with van der Waals surface area (Å²) >= 11 is 0. The summed E-state index contributed by atoms with van der Waals surface area (Å²) in [7, 11) is 0. The summed E-state index contributed by atoms with van der Waals surface area (Å²) in [6.07, 6.45) is 1.14. The van der Waals surface area contributed by atoms with E-state index in [4.69, 9.17) is 5.26 Å². The van der Waals surface area contributed by atoms with Crippen LogP contribution in [0.25, 0.3) is 0 Å². The van der Waals surface area contributed by atoms with E-state index in [0.29, 0.717) is 12.8 Å². The first-order chi connectivity index (χ1) is 5.22. The highest BCUT2D eigenvalue weighted by atomic mass is 17.1. The van der Waals surface area contributed by atoms with Gasteiger partial charge in [0, 0.05) is 12.5 Å². The second kappa shape index (κ2) is 3.34. The molecule has 0 bridgehead atoms. The van der Waals surface area contributed by atoms with Gasteiger partial charge in [0.05, 0.1) is 6.42 Å². The summed E-state index contributed by atoms with van der Waals surface area (Å²) < 4.78 is 0. The monoisotopic (exact) mass is 159 g/mol. The summed E-state index contributed by atoms with van der Waals surface area (Å²) in [4.78, 5) is 24.1. The Morgan fingerprint density at radius 2 is 2.45 bits per heavy atom. The Kier molecular flexibility index (Phi) is 2.43. The number of hydrogen-bond acceptors (Lipinski definition) is 4. The Labute approximate surface area is 63.3 Å². The lowest BCUT2D eigenvalue weighted by Crippen LogP contribution is -2.48. The number of carbonyl (C=O) groups is 2. The number of carbonyl (C=O) groups excluding carboxylic acids is 2. The van der Waals surface area contributed by atoms with Gasteiger partial charge in [-0.2, -0.15) is 5.26 Å². The fraction of sp³-hybridized carbons (Fsp3) is 0.667. The van der Waals surface area contributed by atoms with Gasteiger partial charge in [-0.1, -0.05) is 0 Å². The smallest absolute Gasteiger partial charge is 0.342 e. The first kappa shape index (κ1) is 8.00. The molecule has 0 aliphatic carbocycles. The average Bonchev–Trinajstić information content (AvgIpc) is 1.95. The Bertz CT molecular complexity index is 171. The van der Waals surface area contributed by atoms with Crippen molar-refractivity contribution in [1.29, 1.82) is 0 Å². The van der Waals surface area contributed by atoms with Crippen LogP contribution in [0.4, 0.5) is 0 Å². The molecule has 11 heavy (non-hydrogen) atoms. The van der Waals surface area contributed by atoms with Crippen molar-refractivity contribution in [2.75, 3.05) is 0 Å². The van der Waals surface area contributed by atoms with Crippen LogP contribution in [-0.2, 0) is 14.5 Å². The summed E-state index contributed by atoms with van der Waals surface area (Å²) in [5, 5.41) is 10.4. The first-order valence-electron chi connectivity index (χ1n) is 3.36. The van der Waals surface area contributed by atoms with E-state index in [1.165, 1.54) is 0 Å². The molecule has 0 spiro atoms. The number of nitrogens with one attached hydrogen (secondary N) is 1. The van der Waals surface area contributed by atoms with Gasteiger partial charge in [0.25, 0.3) is 0 Å². The van der Waals surface area contributed by atoms with Gasteiger partial charge in [-0.05, 0) is 6.42 Å². The molecule has 5 nitrogen and oxygen atoms in total. The number of β-lactam (4-membered cyclic amide) rings is 1. The Morgan fingerprint density at radius 3 is 2.91 bits per heavy atom. The standard InChI is InChI=1S/C6H9NO4/c8-5-3-4(7-5)1-2-6(9)11-10/h4,10H,1-3H2,(H,7,8). The summed E-state index contributed by atoms with van der Waals surface area (Å²) in [5.74, 6) is -0.654. The molecule has 1 aliphatic heterocycles. The van der Waals surface area contributed by atoms with Crippen LogP contribution < -0.4 is 5.32 Å². The third kappa shape index (κ3) is 2.19. The minimum Gasteiger partial charge on any atom is -0.353 e. The molecule has 0 radical (unpaired) electrons. The van der Waals surface area contributed by atoms with Crippen molar-refractivity contribution >= 4 is 11.9 Å². The highest BCUT2D eigenvalue weighted by Crippen LogP contribution is 2.10. The molecular weight excluding hydrogens is 150 g/mol. The molecule has 1 amide bonds. The molecule has 1 aliphatic rings. The van der Waals surface area contributed by atoms with Gasteiger partial charge in [-0.25, -0.2) is 4.79 Å². The van der Waals surface area contributed by atoms with Crippen molar-refractivity contribution in [2.45, 2.75) is 25.3 Å². The van der Waals surface area contributed by atoms with E-state index in [-0.39, 0.29) is 18.4 Å². The zero-order valence-corrected chi connectivity index (χ0v) is 5.87. The molecule has 1 fully saturated rings. The van der Waals surface area contributed by atoms with Crippen LogP contribution in [0.2, 0.25) is 0 Å². The predicted molar refractivity (Wildman–Crippen MR) is 34.5 cm³/mol. The molecule has 0 aromatic carbocycles. The lowest BCUT2D eigenvalue weighted by Gasteiger charge is -2.25. The van der Waals surface area contributed by atoms with Crippen LogP contribution in [0.3, 0.4) is 0 Å². The third-order valence-corrected chi connectivity index (χ3v) is 1.60. The Balaban J connectivity index is 2.04. The number of hydrogen-bond donors (Lipinski definition) is 2. The fourth-order valence-electron chi connectivity index (χ4n) is 0.942. The van der Waals surface area contributed by atoms with Crippen LogP contribution in [0.5, 0.6) is 0 Å². The van der Waals surface area contributed by atoms with Crippen molar-refractivity contribution in [1.82, 2.24) is 5.32 Å².